The smallest absolute Gasteiger partial charge is 0.335 e. The lowest BCUT2D eigenvalue weighted by Crippen LogP contribution is -2.30. The van der Waals surface area contributed by atoms with Crippen LogP contribution in [0.15, 0.2) is 202 Å². The molecule has 20 rings (SSSR count). The van der Waals surface area contributed by atoms with E-state index in [9.17, 15) is 63.1 Å². The van der Waals surface area contributed by atoms with Gasteiger partial charge in [-0.05, 0) is 173 Å². The lowest BCUT2D eigenvalue weighted by atomic mass is 10.0. The Morgan fingerprint density at radius 2 is 0.748 bits per heavy atom. The first kappa shape index (κ1) is 82.1. The fourth-order valence-electron chi connectivity index (χ4n) is 15.4. The SMILES string of the molecule is CC(C)n1nnc(-c2ccc(C3CNC(=O)N3c3ccc4c(c3)N=CC4)cc2)n1.O=C1NCC(c2c(F)cc(-c3ccc(C(F)(F)F)s3)cc2F)N1c1ccc2c(c1)N=CC2.O=C1NCC(c2ccc(-c3ccc(C(F)(F)F)s3)c(F)c2)N1c1ccc2c(c1)N=CC2.O=C1NCC(c2ccc(-c3ccc(C(F)(F)F)s3)cc2F)N1c1ccc2c(c1)N=CC2. The van der Waals surface area contributed by atoms with Crippen LogP contribution in [0.2, 0.25) is 0 Å². The van der Waals surface area contributed by atoms with E-state index in [1.807, 2.05) is 98.9 Å². The second-order valence-electron chi connectivity index (χ2n) is 29.6. The molecule has 4 aromatic heterocycles. The van der Waals surface area contributed by atoms with Crippen LogP contribution in [0, 0.1) is 23.3 Å². The van der Waals surface area contributed by atoms with Gasteiger partial charge in [-0.25, -0.2) is 36.7 Å². The van der Waals surface area contributed by atoms with Crippen LogP contribution in [0.5, 0.6) is 0 Å². The second kappa shape index (κ2) is 33.0. The van der Waals surface area contributed by atoms with Crippen molar-refractivity contribution in [2.45, 2.75) is 88.3 Å². The highest BCUT2D eigenvalue weighted by Crippen LogP contribution is 2.47. The number of hydrogen-bond acceptors (Lipinski definition) is 14. The van der Waals surface area contributed by atoms with Gasteiger partial charge in [0.25, 0.3) is 0 Å². The minimum Gasteiger partial charge on any atom is -0.335 e. The van der Waals surface area contributed by atoms with E-state index in [1.165, 1.54) is 57.8 Å². The number of carbonyl (C=O) groups is 4. The number of carbonyl (C=O) groups excluding carboxylic acids is 4. The number of tetrazole rings is 1. The summed E-state index contributed by atoms with van der Waals surface area (Å²) in [6, 6.07) is 44.4. The molecule has 0 radical (unpaired) electrons. The first-order chi connectivity index (χ1) is 58.9. The van der Waals surface area contributed by atoms with E-state index in [1.54, 1.807) is 63.6 Å². The molecule has 4 saturated heterocycles. The Bertz CT molecular complexity index is 6290. The monoisotopic (exact) mass is 1740 g/mol. The molecule has 4 unspecified atom stereocenters. The predicted molar refractivity (Wildman–Crippen MR) is 445 cm³/mol. The van der Waals surface area contributed by atoms with E-state index in [4.69, 9.17) is 0 Å². The summed E-state index contributed by atoms with van der Waals surface area (Å²) in [7, 11) is 0. The molecule has 123 heavy (non-hydrogen) atoms. The van der Waals surface area contributed by atoms with Crippen molar-refractivity contribution < 1.29 is 76.3 Å². The lowest BCUT2D eigenvalue weighted by molar-refractivity contribution is -0.135. The van der Waals surface area contributed by atoms with E-state index in [-0.39, 0.29) is 76.3 Å². The summed E-state index contributed by atoms with van der Waals surface area (Å²) in [5.74, 6) is -2.49. The Balaban J connectivity index is 0.000000116. The molecule has 626 valence electrons. The van der Waals surface area contributed by atoms with E-state index in [0.717, 1.165) is 100 Å². The normalized spacial score (nSPS) is 17.8. The molecule has 4 N–H and O–H groups in total. The van der Waals surface area contributed by atoms with E-state index in [2.05, 4.69) is 56.6 Å². The number of fused-ring (bicyclic) bond motifs is 4. The maximum Gasteiger partial charge on any atom is 0.425 e. The summed E-state index contributed by atoms with van der Waals surface area (Å²) < 4.78 is 176. The number of alkyl halides is 9. The molecule has 4 fully saturated rings. The van der Waals surface area contributed by atoms with Gasteiger partial charge in [0, 0.05) is 136 Å². The van der Waals surface area contributed by atoms with Gasteiger partial charge in [0.1, 0.15) is 37.9 Å². The number of thiophene rings is 3. The number of rotatable bonds is 13. The van der Waals surface area contributed by atoms with Crippen molar-refractivity contribution in [3.8, 4) is 42.7 Å². The van der Waals surface area contributed by atoms with Crippen molar-refractivity contribution in [3.63, 3.8) is 0 Å². The fraction of sp³-hybridized carbons (Fsp3) is 0.207. The summed E-state index contributed by atoms with van der Waals surface area (Å²) in [5, 5.41) is 23.7. The maximum atomic E-state index is 15.1. The standard InChI is InChI=1S/C22H14F5N3OS.2C22H15F4N3OS.C21H21N7O/c23-14-7-12(18-3-4-19(32-18)22(25,26)27)8-15(24)20(14)17-10-29-21(31)30(17)13-2-1-11-5-6-28-16(11)9-13;23-16-9-13(19-5-6-20(31-19)22(24,25)26)2-4-15(16)18-11-28-21(30)29(18)14-3-1-12-7-8-27-17(12)10-14;23-16-9-13(2-4-15(16)19-5-6-20(31-19)22(24,25)26)18-11-28-21(30)29(18)14-3-1-12-7-8-27-17(12)10-14;1-13(2)28-25-20(24-26-28)16-5-3-15(4-6-16)19-12-23-21(29)27(19)17-8-7-14-9-10-22-18(14)11-17/h1-4,6-9,17H,5,10H2,(H,29,31);2*1-6,8-10,18H,7,11H2,(H,28,30);3-8,10-11,13,19H,9,12H2,1-2H3,(H,23,29). The van der Waals surface area contributed by atoms with Gasteiger partial charge in [-0.1, -0.05) is 72.8 Å². The third kappa shape index (κ3) is 16.7. The maximum absolute atomic E-state index is 15.1. The van der Waals surface area contributed by atoms with Gasteiger partial charge >= 0.3 is 42.7 Å². The molecule has 8 aromatic carbocycles. The molecule has 36 heteroatoms. The number of benzene rings is 8. The molecule has 20 nitrogen and oxygen atoms in total. The number of anilines is 4. The molecule has 12 aromatic rings. The van der Waals surface area contributed by atoms with E-state index < -0.39 is 80.6 Å². The quantitative estimate of drug-likeness (QED) is 0.0817. The van der Waals surface area contributed by atoms with Crippen LogP contribution in [0.1, 0.15) is 103 Å². The molecule has 0 saturated carbocycles. The molecule has 8 aliphatic rings. The van der Waals surface area contributed by atoms with Crippen LogP contribution in [-0.4, -0.2) is 95.4 Å². The van der Waals surface area contributed by atoms with Crippen molar-refractivity contribution in [2.75, 3.05) is 45.8 Å². The number of amides is 8. The Labute approximate surface area is 703 Å². The summed E-state index contributed by atoms with van der Waals surface area (Å²) in [5.41, 5.74) is 13.0. The van der Waals surface area contributed by atoms with Crippen molar-refractivity contribution in [1.82, 2.24) is 41.5 Å². The zero-order valence-electron chi connectivity index (χ0n) is 64.3. The number of nitrogens with one attached hydrogen (secondary N) is 4. The minimum absolute atomic E-state index is 0.0000457. The molecular formula is C87H65F13N16O4S3. The van der Waals surface area contributed by atoms with Crippen LogP contribution < -0.4 is 40.9 Å². The Morgan fingerprint density at radius 3 is 1.16 bits per heavy atom. The highest BCUT2D eigenvalue weighted by atomic mass is 32.1. The molecule has 0 spiro atoms. The molecule has 0 aliphatic carbocycles. The average molecular weight is 1740 g/mol. The van der Waals surface area contributed by atoms with Crippen LogP contribution >= 0.6 is 34.0 Å². The number of aromatic nitrogens is 4. The van der Waals surface area contributed by atoms with Gasteiger partial charge in [0.2, 0.25) is 5.82 Å². The van der Waals surface area contributed by atoms with Gasteiger partial charge < -0.3 is 21.3 Å². The van der Waals surface area contributed by atoms with Crippen molar-refractivity contribution >= 4 is 128 Å². The zero-order chi connectivity index (χ0) is 86.1. The lowest BCUT2D eigenvalue weighted by Gasteiger charge is -2.25. The van der Waals surface area contributed by atoms with Crippen LogP contribution in [0.25, 0.3) is 42.7 Å². The average Bonchev–Trinajstić information content (AvgIpc) is 1.69. The van der Waals surface area contributed by atoms with Gasteiger partial charge in [0.15, 0.2) is 0 Å². The number of nitrogens with zero attached hydrogens (tertiary/aromatic N) is 12. The third-order valence-corrected chi connectivity index (χ3v) is 25.1. The Hall–Kier alpha value is -13.2. The van der Waals surface area contributed by atoms with Crippen LogP contribution in [-0.2, 0) is 44.2 Å². The highest BCUT2D eigenvalue weighted by molar-refractivity contribution is 7.16. The first-order valence-corrected chi connectivity index (χ1v) is 40.8. The van der Waals surface area contributed by atoms with E-state index in [0.29, 0.717) is 97.1 Å². The zero-order valence-corrected chi connectivity index (χ0v) is 66.8. The summed E-state index contributed by atoms with van der Waals surface area (Å²) in [6.45, 7) is 5.06. The summed E-state index contributed by atoms with van der Waals surface area (Å²) in [4.78, 5) is 73.3. The van der Waals surface area contributed by atoms with Crippen LogP contribution in [0.3, 0.4) is 0 Å². The predicted octanol–water partition coefficient (Wildman–Crippen LogP) is 21.9. The number of halogens is 13. The minimum atomic E-state index is -4.53. The topological polar surface area (TPSA) is 222 Å². The first-order valence-electron chi connectivity index (χ1n) is 38.3. The summed E-state index contributed by atoms with van der Waals surface area (Å²) >= 11 is 1.48. The highest BCUT2D eigenvalue weighted by Gasteiger charge is 2.42. The molecule has 0 bridgehead atoms. The van der Waals surface area contributed by atoms with Crippen molar-refractivity contribution in [3.05, 3.63) is 264 Å². The molecule has 8 amide bonds. The number of hydrogen-bond donors (Lipinski definition) is 4. The third-order valence-electron chi connectivity index (χ3n) is 21.5. The fourth-order valence-corrected chi connectivity index (χ4v) is 18.1. The van der Waals surface area contributed by atoms with E-state index >= 15 is 13.2 Å². The second-order valence-corrected chi connectivity index (χ2v) is 32.8. The van der Waals surface area contributed by atoms with Gasteiger partial charge in [-0.15, -0.1) is 44.2 Å². The van der Waals surface area contributed by atoms with Crippen molar-refractivity contribution in [1.29, 1.82) is 0 Å². The Morgan fingerprint density at radius 1 is 0.374 bits per heavy atom. The molecule has 8 aliphatic heterocycles. The van der Waals surface area contributed by atoms with Gasteiger partial charge in [0.05, 0.1) is 53.0 Å². The molecule has 12 heterocycles. The van der Waals surface area contributed by atoms with Crippen molar-refractivity contribution in [2.24, 2.45) is 20.0 Å². The van der Waals surface area contributed by atoms with Gasteiger partial charge in [-0.3, -0.25) is 39.6 Å². The van der Waals surface area contributed by atoms with Crippen LogP contribution in [0.4, 0.5) is 122 Å². The molecular weight excluding hydrogens is 1680 g/mol. The number of urea groups is 4. The largest absolute Gasteiger partial charge is 0.425 e. The number of aliphatic imine (C=N–C) groups is 4. The van der Waals surface area contributed by atoms with Gasteiger partial charge in [-0.2, -0.15) is 44.3 Å². The molecule has 4 atom stereocenters. The Kier molecular flexibility index (Phi) is 22.0. The summed E-state index contributed by atoms with van der Waals surface area (Å²) in [6.07, 6.45) is -3.18.